The van der Waals surface area contributed by atoms with Gasteiger partial charge in [-0.2, -0.15) is 0 Å². The zero-order chi connectivity index (χ0) is 5.98. The summed E-state index contributed by atoms with van der Waals surface area (Å²) < 4.78 is 4.50. The third kappa shape index (κ3) is 0.776. The minimum atomic E-state index is -1.33. The van der Waals surface area contributed by atoms with E-state index in [9.17, 15) is 9.90 Å². The average Bonchev–Trinajstić information content (AvgIpc) is 2.12. The Hall–Kier alpha value is -1.06. The normalized spacial score (nSPS) is 17.2. The minimum Gasteiger partial charge on any atom is -0.540 e. The van der Waals surface area contributed by atoms with Crippen LogP contribution in [0.5, 0.6) is 0 Å². The zero-order valence-corrected chi connectivity index (χ0v) is 4.09. The molecule has 0 bridgehead atoms. The Bertz CT molecular complexity index is 140. The molecule has 0 unspecified atom stereocenters. The van der Waals surface area contributed by atoms with Gasteiger partial charge in [0.15, 0.2) is 0 Å². The molecule has 0 fully saturated rings. The number of aliphatic imine (C=N–C) groups is 1. The van der Waals surface area contributed by atoms with Gasteiger partial charge in [0, 0.05) is 0 Å². The molecule has 44 valence electrons. The number of carbonyl (C=O) groups excluding carboxylic acids is 1. The molecule has 0 radical (unpaired) electrons. The number of ether oxygens (including phenoxy) is 1. The van der Waals surface area contributed by atoms with Crippen molar-refractivity contribution in [3.8, 4) is 0 Å². The van der Waals surface area contributed by atoms with Crippen LogP contribution in [-0.4, -0.2) is 25.0 Å². The Labute approximate surface area is 45.8 Å². The fraction of sp³-hybridized carbons (Fsp3) is 0.500. The first-order valence-electron chi connectivity index (χ1n) is 2.19. The number of hydrogen-bond acceptors (Lipinski definition) is 4. The first-order chi connectivity index (χ1) is 3.80. The Kier molecular flexibility index (Phi) is 1.15. The molecular weight excluding hydrogens is 110 g/mol. The van der Waals surface area contributed by atoms with Crippen LogP contribution in [0.1, 0.15) is 0 Å². The SMILES string of the molecule is O=C([O-])C1=NCCO1. The topological polar surface area (TPSA) is 61.7 Å². The second-order valence-electron chi connectivity index (χ2n) is 1.32. The zero-order valence-electron chi connectivity index (χ0n) is 4.09. The highest BCUT2D eigenvalue weighted by Crippen LogP contribution is 1.90. The Morgan fingerprint density at radius 2 is 2.62 bits per heavy atom. The van der Waals surface area contributed by atoms with Gasteiger partial charge in [0.2, 0.25) is 5.90 Å². The average molecular weight is 114 g/mol. The minimum absolute atomic E-state index is 0.273. The quantitative estimate of drug-likeness (QED) is 0.402. The molecule has 0 saturated carbocycles. The summed E-state index contributed by atoms with van der Waals surface area (Å²) in [4.78, 5) is 13.3. The van der Waals surface area contributed by atoms with Crippen LogP contribution in [0.3, 0.4) is 0 Å². The highest BCUT2D eigenvalue weighted by Gasteiger charge is 2.05. The van der Waals surface area contributed by atoms with Crippen molar-refractivity contribution in [1.29, 1.82) is 0 Å². The van der Waals surface area contributed by atoms with Gasteiger partial charge < -0.3 is 14.6 Å². The van der Waals surface area contributed by atoms with Crippen molar-refractivity contribution in [2.24, 2.45) is 4.99 Å². The third-order valence-corrected chi connectivity index (χ3v) is 0.760. The fourth-order valence-corrected chi connectivity index (χ4v) is 0.459. The van der Waals surface area contributed by atoms with Crippen LogP contribution in [0.4, 0.5) is 0 Å². The standard InChI is InChI=1S/C4H5NO3/c6-4(7)3-5-1-2-8-3/h1-2H2,(H,6,7)/p-1. The molecule has 0 aliphatic carbocycles. The third-order valence-electron chi connectivity index (χ3n) is 0.760. The lowest BCUT2D eigenvalue weighted by Crippen LogP contribution is -2.31. The van der Waals surface area contributed by atoms with Gasteiger partial charge in [0.1, 0.15) is 12.6 Å². The maximum absolute atomic E-state index is 9.83. The molecule has 0 aromatic carbocycles. The van der Waals surface area contributed by atoms with Crippen LogP contribution >= 0.6 is 0 Å². The molecule has 0 saturated heterocycles. The summed E-state index contributed by atoms with van der Waals surface area (Å²) in [7, 11) is 0. The van der Waals surface area contributed by atoms with Gasteiger partial charge >= 0.3 is 0 Å². The summed E-state index contributed by atoms with van der Waals surface area (Å²) in [6, 6.07) is 0. The van der Waals surface area contributed by atoms with Gasteiger partial charge in [-0.3, -0.25) is 0 Å². The van der Waals surface area contributed by atoms with Gasteiger partial charge in [0.05, 0.1) is 6.54 Å². The lowest BCUT2D eigenvalue weighted by molar-refractivity contribution is -0.295. The highest BCUT2D eigenvalue weighted by molar-refractivity contribution is 6.30. The first-order valence-corrected chi connectivity index (χ1v) is 2.19. The second-order valence-corrected chi connectivity index (χ2v) is 1.32. The molecule has 0 amide bonds. The van der Waals surface area contributed by atoms with Crippen molar-refractivity contribution >= 4 is 11.9 Å². The maximum atomic E-state index is 9.83. The number of aliphatic carboxylic acids is 1. The van der Waals surface area contributed by atoms with Crippen molar-refractivity contribution in [3.63, 3.8) is 0 Å². The molecule has 0 atom stereocenters. The van der Waals surface area contributed by atoms with Crippen molar-refractivity contribution in [3.05, 3.63) is 0 Å². The summed E-state index contributed by atoms with van der Waals surface area (Å²) in [5.41, 5.74) is 0. The molecule has 4 heteroatoms. The fourth-order valence-electron chi connectivity index (χ4n) is 0.459. The largest absolute Gasteiger partial charge is 0.540 e. The highest BCUT2D eigenvalue weighted by atomic mass is 16.5. The van der Waals surface area contributed by atoms with E-state index in [-0.39, 0.29) is 5.90 Å². The van der Waals surface area contributed by atoms with Crippen LogP contribution < -0.4 is 5.11 Å². The van der Waals surface area contributed by atoms with Crippen LogP contribution in [0, 0.1) is 0 Å². The van der Waals surface area contributed by atoms with Gasteiger partial charge in [-0.15, -0.1) is 0 Å². The van der Waals surface area contributed by atoms with Crippen molar-refractivity contribution < 1.29 is 14.6 Å². The maximum Gasteiger partial charge on any atom is 0.232 e. The van der Waals surface area contributed by atoms with Gasteiger partial charge in [-0.25, -0.2) is 4.99 Å². The lowest BCUT2D eigenvalue weighted by atomic mass is 10.7. The van der Waals surface area contributed by atoms with E-state index in [1.807, 2.05) is 0 Å². The van der Waals surface area contributed by atoms with E-state index >= 15 is 0 Å². The smallest absolute Gasteiger partial charge is 0.232 e. The lowest BCUT2D eigenvalue weighted by Gasteiger charge is -1.98. The first kappa shape index (κ1) is 5.08. The number of rotatable bonds is 1. The second kappa shape index (κ2) is 1.81. The van der Waals surface area contributed by atoms with E-state index in [0.29, 0.717) is 13.2 Å². The molecule has 8 heavy (non-hydrogen) atoms. The Morgan fingerprint density at radius 3 is 2.88 bits per heavy atom. The number of carboxylic acid groups (broad SMARTS) is 1. The monoisotopic (exact) mass is 114 g/mol. The summed E-state index contributed by atoms with van der Waals surface area (Å²) in [6.45, 7) is 0.798. The number of hydrogen-bond donors (Lipinski definition) is 0. The number of carbonyl (C=O) groups is 1. The molecular formula is C4H4NO3-. The molecule has 0 aromatic heterocycles. The van der Waals surface area contributed by atoms with E-state index < -0.39 is 5.97 Å². The molecule has 1 aliphatic heterocycles. The van der Waals surface area contributed by atoms with E-state index in [1.165, 1.54) is 0 Å². The van der Waals surface area contributed by atoms with Crippen LogP contribution in [0.25, 0.3) is 0 Å². The van der Waals surface area contributed by atoms with Crippen molar-refractivity contribution in [1.82, 2.24) is 0 Å². The van der Waals surface area contributed by atoms with Crippen LogP contribution in [0.15, 0.2) is 4.99 Å². The molecule has 0 spiro atoms. The van der Waals surface area contributed by atoms with Crippen LogP contribution in [-0.2, 0) is 9.53 Å². The van der Waals surface area contributed by atoms with Gasteiger partial charge in [-0.1, -0.05) is 0 Å². The van der Waals surface area contributed by atoms with Crippen LogP contribution in [0.2, 0.25) is 0 Å². The Balaban J connectivity index is 2.57. The molecule has 1 heterocycles. The molecule has 1 rings (SSSR count). The van der Waals surface area contributed by atoms with E-state index in [4.69, 9.17) is 0 Å². The predicted molar refractivity (Wildman–Crippen MR) is 23.3 cm³/mol. The van der Waals surface area contributed by atoms with Crippen molar-refractivity contribution in [2.45, 2.75) is 0 Å². The molecule has 4 nitrogen and oxygen atoms in total. The van der Waals surface area contributed by atoms with E-state index in [1.54, 1.807) is 0 Å². The number of nitrogens with zero attached hydrogens (tertiary/aromatic N) is 1. The summed E-state index contributed by atoms with van der Waals surface area (Å²) in [5, 5.41) is 9.83. The molecule has 0 aromatic rings. The Morgan fingerprint density at radius 1 is 1.88 bits per heavy atom. The molecule has 1 aliphatic rings. The number of carboxylic acids is 1. The van der Waals surface area contributed by atoms with Gasteiger partial charge in [0.25, 0.3) is 0 Å². The van der Waals surface area contributed by atoms with E-state index in [2.05, 4.69) is 9.73 Å². The predicted octanol–water partition coefficient (Wildman–Crippen LogP) is -1.83. The summed E-state index contributed by atoms with van der Waals surface area (Å²) >= 11 is 0. The summed E-state index contributed by atoms with van der Waals surface area (Å²) in [6.07, 6.45) is 0. The molecule has 0 N–H and O–H groups in total. The van der Waals surface area contributed by atoms with E-state index in [0.717, 1.165) is 0 Å². The van der Waals surface area contributed by atoms with Crippen molar-refractivity contribution in [2.75, 3.05) is 13.2 Å². The van der Waals surface area contributed by atoms with Gasteiger partial charge in [-0.05, 0) is 0 Å². The summed E-state index contributed by atoms with van der Waals surface area (Å²) in [5.74, 6) is -1.60.